The van der Waals surface area contributed by atoms with Crippen molar-refractivity contribution in [2.45, 2.75) is 31.9 Å². The van der Waals surface area contributed by atoms with E-state index in [9.17, 15) is 4.79 Å². The van der Waals surface area contributed by atoms with Crippen LogP contribution in [0.4, 0.5) is 0 Å². The van der Waals surface area contributed by atoms with Crippen molar-refractivity contribution in [3.05, 3.63) is 34.3 Å². The summed E-state index contributed by atoms with van der Waals surface area (Å²) >= 11 is 3.50. The van der Waals surface area contributed by atoms with E-state index in [1.807, 2.05) is 36.1 Å². The normalized spacial score (nSPS) is 22.9. The van der Waals surface area contributed by atoms with Gasteiger partial charge >= 0.3 is 0 Å². The molecule has 110 valence electrons. The zero-order valence-corrected chi connectivity index (χ0v) is 13.2. The van der Waals surface area contributed by atoms with Crippen molar-refractivity contribution in [1.29, 1.82) is 0 Å². The number of amides is 1. The highest BCUT2D eigenvalue weighted by molar-refractivity contribution is 9.10. The maximum Gasteiger partial charge on any atom is 0.223 e. The smallest absolute Gasteiger partial charge is 0.223 e. The highest BCUT2D eigenvalue weighted by Crippen LogP contribution is 2.19. The number of carbonyl (C=O) groups is 1. The molecule has 1 N–H and O–H groups in total. The Labute approximate surface area is 127 Å². The molecule has 0 radical (unpaired) electrons. The van der Waals surface area contributed by atoms with Crippen molar-refractivity contribution < 1.29 is 14.6 Å². The van der Waals surface area contributed by atoms with Crippen LogP contribution in [-0.2, 0) is 16.0 Å². The molecule has 1 aromatic carbocycles. The summed E-state index contributed by atoms with van der Waals surface area (Å²) < 4.78 is 6.49. The summed E-state index contributed by atoms with van der Waals surface area (Å²) in [4.78, 5) is 14.1. The Balaban J connectivity index is 1.92. The molecule has 0 bridgehead atoms. The average Bonchev–Trinajstić information content (AvgIpc) is 2.46. The van der Waals surface area contributed by atoms with Crippen LogP contribution in [0.2, 0.25) is 0 Å². The molecule has 1 aliphatic heterocycles. The van der Waals surface area contributed by atoms with Gasteiger partial charge in [-0.2, -0.15) is 0 Å². The third-order valence-electron chi connectivity index (χ3n) is 3.60. The van der Waals surface area contributed by atoms with Gasteiger partial charge in [-0.25, -0.2) is 0 Å². The van der Waals surface area contributed by atoms with E-state index in [1.165, 1.54) is 0 Å². The molecule has 0 saturated carbocycles. The van der Waals surface area contributed by atoms with E-state index in [1.54, 1.807) is 0 Å². The third kappa shape index (κ3) is 3.81. The first kappa shape index (κ1) is 15.5. The minimum atomic E-state index is -0.251. The van der Waals surface area contributed by atoms with Crippen LogP contribution in [0.1, 0.15) is 18.9 Å². The summed E-state index contributed by atoms with van der Waals surface area (Å²) in [6, 6.07) is 8.02. The Morgan fingerprint density at radius 3 is 2.95 bits per heavy atom. The predicted molar refractivity (Wildman–Crippen MR) is 80.5 cm³/mol. The number of hydrogen-bond acceptors (Lipinski definition) is 3. The zero-order chi connectivity index (χ0) is 14.5. The Morgan fingerprint density at radius 1 is 1.50 bits per heavy atom. The second-order valence-corrected chi connectivity index (χ2v) is 5.98. The van der Waals surface area contributed by atoms with Crippen molar-refractivity contribution in [3.63, 3.8) is 0 Å². The predicted octanol–water partition coefficient (Wildman–Crippen LogP) is 1.99. The van der Waals surface area contributed by atoms with Crippen molar-refractivity contribution >= 4 is 21.8 Å². The molecule has 5 heteroatoms. The number of rotatable bonds is 4. The van der Waals surface area contributed by atoms with E-state index in [0.29, 0.717) is 26.0 Å². The molecule has 2 unspecified atom stereocenters. The quantitative estimate of drug-likeness (QED) is 0.911. The lowest BCUT2D eigenvalue weighted by atomic mass is 10.1. The second kappa shape index (κ2) is 7.20. The fourth-order valence-corrected chi connectivity index (χ4v) is 2.84. The van der Waals surface area contributed by atoms with Gasteiger partial charge in [0, 0.05) is 17.4 Å². The highest BCUT2D eigenvalue weighted by atomic mass is 79.9. The summed E-state index contributed by atoms with van der Waals surface area (Å²) in [6.07, 6.45) is 0.942. The number of ether oxygens (including phenoxy) is 1. The molecule has 2 rings (SSSR count). The fraction of sp³-hybridized carbons (Fsp3) is 0.533. The van der Waals surface area contributed by atoms with Crippen LogP contribution < -0.4 is 0 Å². The van der Waals surface area contributed by atoms with E-state index < -0.39 is 0 Å². The van der Waals surface area contributed by atoms with Crippen LogP contribution in [0.3, 0.4) is 0 Å². The number of hydrogen-bond donors (Lipinski definition) is 1. The number of carbonyl (C=O) groups excluding carboxylic acids is 1. The van der Waals surface area contributed by atoms with Gasteiger partial charge in [0.15, 0.2) is 0 Å². The first-order valence-corrected chi connectivity index (χ1v) is 7.66. The summed E-state index contributed by atoms with van der Waals surface area (Å²) in [7, 11) is 0. The van der Waals surface area contributed by atoms with Gasteiger partial charge in [0.1, 0.15) is 0 Å². The molecule has 1 amide bonds. The van der Waals surface area contributed by atoms with Gasteiger partial charge in [-0.05, 0) is 25.0 Å². The van der Waals surface area contributed by atoms with E-state index in [0.717, 1.165) is 10.0 Å². The molecule has 1 aromatic rings. The molecule has 1 heterocycles. The molecule has 4 nitrogen and oxygen atoms in total. The number of nitrogens with zero attached hydrogens (tertiary/aromatic N) is 1. The number of halogens is 1. The minimum absolute atomic E-state index is 0.0409. The van der Waals surface area contributed by atoms with E-state index in [2.05, 4.69) is 15.9 Å². The lowest BCUT2D eigenvalue weighted by molar-refractivity contribution is -0.146. The Morgan fingerprint density at radius 2 is 2.25 bits per heavy atom. The van der Waals surface area contributed by atoms with Crippen molar-refractivity contribution in [1.82, 2.24) is 4.90 Å². The van der Waals surface area contributed by atoms with Crippen molar-refractivity contribution in [2.24, 2.45) is 0 Å². The molecule has 2 atom stereocenters. The first-order chi connectivity index (χ1) is 9.61. The lowest BCUT2D eigenvalue weighted by Gasteiger charge is -2.37. The third-order valence-corrected chi connectivity index (χ3v) is 4.37. The maximum absolute atomic E-state index is 12.3. The Hall–Kier alpha value is -0.910. The molecule has 1 saturated heterocycles. The summed E-state index contributed by atoms with van der Waals surface area (Å²) in [5.74, 6) is 0.120. The maximum atomic E-state index is 12.3. The topological polar surface area (TPSA) is 49.8 Å². The highest BCUT2D eigenvalue weighted by Gasteiger charge is 2.28. The standard InChI is InChI=1S/C15H20BrNO3/c1-11-10-20-13(9-18)8-17(11)15(19)7-6-12-4-2-3-5-14(12)16/h2-5,11,13,18H,6-10H2,1H3. The van der Waals surface area contributed by atoms with Crippen LogP contribution in [0.15, 0.2) is 28.7 Å². The minimum Gasteiger partial charge on any atom is -0.394 e. The van der Waals surface area contributed by atoms with Gasteiger partial charge in [-0.15, -0.1) is 0 Å². The first-order valence-electron chi connectivity index (χ1n) is 6.87. The van der Waals surface area contributed by atoms with Gasteiger partial charge < -0.3 is 14.7 Å². The molecule has 0 aliphatic carbocycles. The summed E-state index contributed by atoms with van der Waals surface area (Å²) in [5, 5.41) is 9.15. The van der Waals surface area contributed by atoms with Crippen LogP contribution in [0.5, 0.6) is 0 Å². The molecular weight excluding hydrogens is 322 g/mol. The van der Waals surface area contributed by atoms with Gasteiger partial charge in [0.05, 0.1) is 25.4 Å². The summed E-state index contributed by atoms with van der Waals surface area (Å²) in [5.41, 5.74) is 1.14. The molecule has 1 fully saturated rings. The van der Waals surface area contributed by atoms with Crippen molar-refractivity contribution in [2.75, 3.05) is 19.8 Å². The van der Waals surface area contributed by atoms with E-state index in [4.69, 9.17) is 9.84 Å². The SMILES string of the molecule is CC1COC(CO)CN1C(=O)CCc1ccccc1Br. The number of aliphatic hydroxyl groups is 1. The van der Waals surface area contributed by atoms with Crippen molar-refractivity contribution in [3.8, 4) is 0 Å². The number of aliphatic hydroxyl groups excluding tert-OH is 1. The molecule has 1 aliphatic rings. The van der Waals surface area contributed by atoms with Gasteiger partial charge in [-0.3, -0.25) is 4.79 Å². The van der Waals surface area contributed by atoms with E-state index in [-0.39, 0.29) is 24.7 Å². The fourth-order valence-electron chi connectivity index (χ4n) is 2.36. The second-order valence-electron chi connectivity index (χ2n) is 5.12. The number of morpholine rings is 1. The number of aryl methyl sites for hydroxylation is 1. The van der Waals surface area contributed by atoms with E-state index >= 15 is 0 Å². The Kier molecular flexibility index (Phi) is 5.57. The van der Waals surface area contributed by atoms with Crippen LogP contribution >= 0.6 is 15.9 Å². The molecule has 0 spiro atoms. The van der Waals surface area contributed by atoms with Crippen LogP contribution in [-0.4, -0.2) is 47.8 Å². The largest absolute Gasteiger partial charge is 0.394 e. The van der Waals surface area contributed by atoms with Crippen LogP contribution in [0, 0.1) is 0 Å². The van der Waals surface area contributed by atoms with Gasteiger partial charge in [0.2, 0.25) is 5.91 Å². The summed E-state index contributed by atoms with van der Waals surface area (Å²) in [6.45, 7) is 2.91. The van der Waals surface area contributed by atoms with Gasteiger partial charge in [-0.1, -0.05) is 34.1 Å². The molecule has 20 heavy (non-hydrogen) atoms. The Bertz CT molecular complexity index is 466. The van der Waals surface area contributed by atoms with Crippen LogP contribution in [0.25, 0.3) is 0 Å². The average molecular weight is 342 g/mol. The molecule has 0 aromatic heterocycles. The monoisotopic (exact) mass is 341 g/mol. The lowest BCUT2D eigenvalue weighted by Crippen LogP contribution is -2.52. The zero-order valence-electron chi connectivity index (χ0n) is 11.6. The number of benzene rings is 1. The molecular formula is C15H20BrNO3. The van der Waals surface area contributed by atoms with Gasteiger partial charge in [0.25, 0.3) is 0 Å².